The lowest BCUT2D eigenvalue weighted by Gasteiger charge is -2.07. The van der Waals surface area contributed by atoms with E-state index in [1.165, 1.54) is 0 Å². The molecule has 1 aliphatic carbocycles. The first-order valence-electron chi connectivity index (χ1n) is 4.08. The van der Waals surface area contributed by atoms with E-state index >= 15 is 0 Å². The normalized spacial score (nSPS) is 17.1. The molecule has 0 unspecified atom stereocenters. The molecule has 0 spiro atoms. The van der Waals surface area contributed by atoms with Crippen LogP contribution in [0.1, 0.15) is 30.1 Å². The van der Waals surface area contributed by atoms with Crippen molar-refractivity contribution in [2.24, 2.45) is 0 Å². The van der Waals surface area contributed by atoms with E-state index in [1.54, 1.807) is 0 Å². The highest BCUT2D eigenvalue weighted by Gasteiger charge is 2.36. The van der Waals surface area contributed by atoms with Crippen LogP contribution in [0.25, 0.3) is 0 Å². The van der Waals surface area contributed by atoms with Gasteiger partial charge >= 0.3 is 6.18 Å². The van der Waals surface area contributed by atoms with E-state index in [4.69, 9.17) is 11.6 Å². The second kappa shape index (κ2) is 3.08. The summed E-state index contributed by atoms with van der Waals surface area (Å²) in [6.07, 6.45) is -1.86. The van der Waals surface area contributed by atoms with Crippen molar-refractivity contribution in [3.8, 4) is 0 Å². The highest BCUT2D eigenvalue weighted by Crippen LogP contribution is 2.40. The molecule has 1 aliphatic rings. The van der Waals surface area contributed by atoms with Gasteiger partial charge in [-0.2, -0.15) is 13.2 Å². The van der Waals surface area contributed by atoms with E-state index in [-0.39, 0.29) is 5.92 Å². The van der Waals surface area contributed by atoms with Crippen LogP contribution in [0, 0.1) is 0 Å². The topological polar surface area (TPSA) is 25.8 Å². The van der Waals surface area contributed by atoms with Gasteiger partial charge in [0, 0.05) is 12.1 Å². The highest BCUT2D eigenvalue weighted by atomic mass is 35.5. The van der Waals surface area contributed by atoms with E-state index in [9.17, 15) is 13.2 Å². The Morgan fingerprint density at radius 3 is 2.43 bits per heavy atom. The lowest BCUT2D eigenvalue weighted by molar-refractivity contribution is -0.138. The van der Waals surface area contributed by atoms with Gasteiger partial charge in [-0.3, -0.25) is 0 Å². The lowest BCUT2D eigenvalue weighted by Crippen LogP contribution is -2.09. The van der Waals surface area contributed by atoms with Crippen molar-refractivity contribution in [2.45, 2.75) is 24.9 Å². The first kappa shape index (κ1) is 9.71. The zero-order valence-corrected chi connectivity index (χ0v) is 7.73. The zero-order chi connectivity index (χ0) is 10.3. The van der Waals surface area contributed by atoms with Crippen LogP contribution in [0.5, 0.6) is 0 Å². The fourth-order valence-corrected chi connectivity index (χ4v) is 1.34. The van der Waals surface area contributed by atoms with Gasteiger partial charge in [-0.15, -0.1) is 0 Å². The van der Waals surface area contributed by atoms with Crippen LogP contribution in [0.2, 0.25) is 5.15 Å². The maximum absolute atomic E-state index is 12.2. The fraction of sp³-hybridized carbons (Fsp3) is 0.500. The number of aromatic nitrogens is 2. The van der Waals surface area contributed by atoms with Crippen LogP contribution in [-0.2, 0) is 6.18 Å². The molecule has 0 amide bonds. The van der Waals surface area contributed by atoms with Gasteiger partial charge in [-0.25, -0.2) is 9.97 Å². The first-order chi connectivity index (χ1) is 6.48. The molecule has 2 nitrogen and oxygen atoms in total. The van der Waals surface area contributed by atoms with Crippen LogP contribution < -0.4 is 0 Å². The standard InChI is InChI=1S/C8H6ClF3N2/c9-6-5(8(10,11)12)3-13-7(14-6)4-1-2-4/h3-4H,1-2H2. The van der Waals surface area contributed by atoms with Gasteiger partial charge in [0.05, 0.1) is 0 Å². The minimum absolute atomic E-state index is 0.204. The van der Waals surface area contributed by atoms with Gasteiger partial charge in [0.2, 0.25) is 0 Å². The van der Waals surface area contributed by atoms with Gasteiger partial charge in [-0.05, 0) is 12.8 Å². The van der Waals surface area contributed by atoms with Gasteiger partial charge in [0.25, 0.3) is 0 Å². The van der Waals surface area contributed by atoms with E-state index < -0.39 is 16.9 Å². The summed E-state index contributed by atoms with van der Waals surface area (Å²) in [6, 6.07) is 0. The Kier molecular flexibility index (Phi) is 2.14. The van der Waals surface area contributed by atoms with Crippen molar-refractivity contribution in [2.75, 3.05) is 0 Å². The molecule has 2 rings (SSSR count). The van der Waals surface area contributed by atoms with E-state index in [0.29, 0.717) is 5.82 Å². The molecule has 1 heterocycles. The number of nitrogens with zero attached hydrogens (tertiary/aromatic N) is 2. The third kappa shape index (κ3) is 1.82. The molecule has 1 aromatic rings. The number of hydrogen-bond acceptors (Lipinski definition) is 2. The summed E-state index contributed by atoms with van der Waals surface area (Å²) in [6.45, 7) is 0. The Labute approximate surface area is 83.1 Å². The molecule has 6 heteroatoms. The average Bonchev–Trinajstić information content (AvgIpc) is 2.83. The van der Waals surface area contributed by atoms with Crippen LogP contribution in [0.3, 0.4) is 0 Å². The summed E-state index contributed by atoms with van der Waals surface area (Å²) >= 11 is 5.41. The minimum atomic E-state index is -4.47. The Morgan fingerprint density at radius 2 is 2.00 bits per heavy atom. The van der Waals surface area contributed by atoms with Crippen LogP contribution >= 0.6 is 11.6 Å². The fourth-order valence-electron chi connectivity index (χ4n) is 1.10. The molecular weight excluding hydrogens is 217 g/mol. The number of alkyl halides is 3. The maximum Gasteiger partial charge on any atom is 0.420 e. The Morgan fingerprint density at radius 1 is 1.36 bits per heavy atom. The average molecular weight is 223 g/mol. The quantitative estimate of drug-likeness (QED) is 0.683. The molecule has 0 bridgehead atoms. The largest absolute Gasteiger partial charge is 0.420 e. The highest BCUT2D eigenvalue weighted by molar-refractivity contribution is 6.30. The monoisotopic (exact) mass is 222 g/mol. The molecular formula is C8H6ClF3N2. The van der Waals surface area contributed by atoms with Crippen molar-refractivity contribution in [1.29, 1.82) is 0 Å². The molecule has 1 fully saturated rings. The Bertz CT molecular complexity index is 360. The van der Waals surface area contributed by atoms with Crippen molar-refractivity contribution in [3.63, 3.8) is 0 Å². The summed E-state index contributed by atoms with van der Waals surface area (Å²) in [5.74, 6) is 0.623. The molecule has 0 aromatic carbocycles. The molecule has 0 saturated heterocycles. The molecule has 0 N–H and O–H groups in total. The number of hydrogen-bond donors (Lipinski definition) is 0. The number of halogens is 4. The van der Waals surface area contributed by atoms with E-state index in [0.717, 1.165) is 19.0 Å². The predicted molar refractivity (Wildman–Crippen MR) is 44.0 cm³/mol. The summed E-state index contributed by atoms with van der Waals surface area (Å²) in [5, 5.41) is -0.505. The third-order valence-electron chi connectivity index (χ3n) is 2.01. The van der Waals surface area contributed by atoms with E-state index in [2.05, 4.69) is 9.97 Å². The van der Waals surface area contributed by atoms with Gasteiger partial charge in [0.15, 0.2) is 0 Å². The van der Waals surface area contributed by atoms with Crippen molar-refractivity contribution >= 4 is 11.6 Å². The molecule has 0 aliphatic heterocycles. The smallest absolute Gasteiger partial charge is 0.240 e. The van der Waals surface area contributed by atoms with E-state index in [1.807, 2.05) is 0 Å². The SMILES string of the molecule is FC(F)(F)c1cnc(C2CC2)nc1Cl. The second-order valence-electron chi connectivity index (χ2n) is 3.20. The predicted octanol–water partition coefficient (Wildman–Crippen LogP) is 3.03. The maximum atomic E-state index is 12.2. The summed E-state index contributed by atoms with van der Waals surface area (Å²) in [4.78, 5) is 7.29. The third-order valence-corrected chi connectivity index (χ3v) is 2.30. The molecule has 1 saturated carbocycles. The second-order valence-corrected chi connectivity index (χ2v) is 3.56. The minimum Gasteiger partial charge on any atom is -0.240 e. The van der Waals surface area contributed by atoms with Gasteiger partial charge in [-0.1, -0.05) is 11.6 Å². The molecule has 0 radical (unpaired) electrons. The number of rotatable bonds is 1. The summed E-state index contributed by atoms with van der Waals surface area (Å²) in [7, 11) is 0. The van der Waals surface area contributed by atoms with Gasteiger partial charge < -0.3 is 0 Å². The van der Waals surface area contributed by atoms with Crippen molar-refractivity contribution < 1.29 is 13.2 Å². The van der Waals surface area contributed by atoms with Crippen LogP contribution in [0.15, 0.2) is 6.20 Å². The Hall–Kier alpha value is -0.840. The lowest BCUT2D eigenvalue weighted by atomic mass is 10.3. The molecule has 1 aromatic heterocycles. The Balaban J connectivity index is 2.35. The van der Waals surface area contributed by atoms with Crippen molar-refractivity contribution in [1.82, 2.24) is 9.97 Å². The van der Waals surface area contributed by atoms with Crippen molar-refractivity contribution in [3.05, 3.63) is 22.7 Å². The molecule has 14 heavy (non-hydrogen) atoms. The first-order valence-corrected chi connectivity index (χ1v) is 4.46. The zero-order valence-electron chi connectivity index (χ0n) is 6.98. The van der Waals surface area contributed by atoms with Gasteiger partial charge in [0.1, 0.15) is 16.5 Å². The summed E-state index contributed by atoms with van der Waals surface area (Å²) < 4.78 is 36.7. The molecule has 76 valence electrons. The molecule has 0 atom stereocenters. The van der Waals surface area contributed by atoms with Crippen LogP contribution in [0.4, 0.5) is 13.2 Å². The van der Waals surface area contributed by atoms with Crippen LogP contribution in [-0.4, -0.2) is 9.97 Å². The summed E-state index contributed by atoms with van der Waals surface area (Å²) in [5.41, 5.74) is -0.969.